The summed E-state index contributed by atoms with van der Waals surface area (Å²) in [5, 5.41) is 0. The molecule has 1 rings (SSSR count). The highest BCUT2D eigenvalue weighted by atomic mass is 16.2. The standard InChI is InChI=1S/C18H30N2O/c1-15(14-18(2,3)4)13-17(21)20(12-8-11-19)16-9-6-5-7-10-16/h5-7,9-10,15H,8,11-14,19H2,1-4H3. The molecule has 1 amide bonds. The van der Waals surface area contributed by atoms with E-state index in [2.05, 4.69) is 27.7 Å². The Kier molecular flexibility index (Phi) is 6.90. The summed E-state index contributed by atoms with van der Waals surface area (Å²) in [7, 11) is 0. The highest BCUT2D eigenvalue weighted by Gasteiger charge is 2.21. The molecule has 0 fully saturated rings. The van der Waals surface area contributed by atoms with Gasteiger partial charge in [0.2, 0.25) is 5.91 Å². The number of para-hydroxylation sites is 1. The van der Waals surface area contributed by atoms with Crippen molar-refractivity contribution in [3.8, 4) is 0 Å². The Morgan fingerprint density at radius 3 is 2.38 bits per heavy atom. The largest absolute Gasteiger partial charge is 0.330 e. The number of rotatable bonds is 7. The molecule has 0 aliphatic carbocycles. The van der Waals surface area contributed by atoms with E-state index in [0.29, 0.717) is 25.4 Å². The zero-order valence-electron chi connectivity index (χ0n) is 13.9. The Labute approximate surface area is 129 Å². The molecule has 1 aromatic carbocycles. The fraction of sp³-hybridized carbons (Fsp3) is 0.611. The summed E-state index contributed by atoms with van der Waals surface area (Å²) in [6, 6.07) is 9.89. The van der Waals surface area contributed by atoms with Gasteiger partial charge >= 0.3 is 0 Å². The molecule has 1 atom stereocenters. The second kappa shape index (κ2) is 8.18. The van der Waals surface area contributed by atoms with E-state index in [1.807, 2.05) is 35.2 Å². The molecule has 118 valence electrons. The van der Waals surface area contributed by atoms with Crippen LogP contribution in [0.5, 0.6) is 0 Å². The maximum Gasteiger partial charge on any atom is 0.227 e. The molecule has 21 heavy (non-hydrogen) atoms. The Hall–Kier alpha value is -1.35. The van der Waals surface area contributed by atoms with Crippen molar-refractivity contribution in [3.63, 3.8) is 0 Å². The van der Waals surface area contributed by atoms with E-state index >= 15 is 0 Å². The van der Waals surface area contributed by atoms with Crippen molar-refractivity contribution in [2.45, 2.75) is 47.0 Å². The van der Waals surface area contributed by atoms with Crippen LogP contribution in [0, 0.1) is 11.3 Å². The summed E-state index contributed by atoms with van der Waals surface area (Å²) < 4.78 is 0. The van der Waals surface area contributed by atoms with Crippen LogP contribution in [-0.4, -0.2) is 19.0 Å². The van der Waals surface area contributed by atoms with Gasteiger partial charge in [0, 0.05) is 18.7 Å². The molecule has 0 aromatic heterocycles. The summed E-state index contributed by atoms with van der Waals surface area (Å²) in [5.41, 5.74) is 6.83. The van der Waals surface area contributed by atoms with Crippen LogP contribution in [0.2, 0.25) is 0 Å². The first-order valence-electron chi connectivity index (χ1n) is 7.89. The molecule has 0 saturated heterocycles. The van der Waals surface area contributed by atoms with Crippen LogP contribution in [0.15, 0.2) is 30.3 Å². The zero-order valence-corrected chi connectivity index (χ0v) is 13.9. The lowest BCUT2D eigenvalue weighted by Gasteiger charge is -2.27. The first-order valence-corrected chi connectivity index (χ1v) is 7.89. The third kappa shape index (κ3) is 6.76. The SMILES string of the molecule is CC(CC(=O)N(CCCN)c1ccccc1)CC(C)(C)C. The van der Waals surface area contributed by atoms with Crippen molar-refractivity contribution in [2.24, 2.45) is 17.1 Å². The Morgan fingerprint density at radius 2 is 1.86 bits per heavy atom. The zero-order chi connectivity index (χ0) is 15.9. The Morgan fingerprint density at radius 1 is 1.24 bits per heavy atom. The lowest BCUT2D eigenvalue weighted by Crippen LogP contribution is -2.34. The minimum absolute atomic E-state index is 0.200. The van der Waals surface area contributed by atoms with Crippen LogP contribution in [0.25, 0.3) is 0 Å². The fourth-order valence-electron chi connectivity index (χ4n) is 2.78. The van der Waals surface area contributed by atoms with Crippen LogP contribution >= 0.6 is 0 Å². The van der Waals surface area contributed by atoms with Gasteiger partial charge in [0.25, 0.3) is 0 Å². The number of benzene rings is 1. The smallest absolute Gasteiger partial charge is 0.227 e. The van der Waals surface area contributed by atoms with Gasteiger partial charge in [0.1, 0.15) is 0 Å². The average Bonchev–Trinajstić information content (AvgIpc) is 2.38. The Bertz CT molecular complexity index is 423. The van der Waals surface area contributed by atoms with E-state index in [1.165, 1.54) is 0 Å². The first-order chi connectivity index (χ1) is 9.83. The molecule has 3 heteroatoms. The minimum atomic E-state index is 0.200. The molecule has 0 spiro atoms. The molecule has 0 heterocycles. The third-order valence-corrected chi connectivity index (χ3v) is 3.44. The number of amides is 1. The molecule has 1 aromatic rings. The predicted molar refractivity (Wildman–Crippen MR) is 90.3 cm³/mol. The summed E-state index contributed by atoms with van der Waals surface area (Å²) in [6.45, 7) is 10.1. The van der Waals surface area contributed by atoms with Crippen LogP contribution in [0.3, 0.4) is 0 Å². The Balaban J connectivity index is 2.72. The molecule has 0 saturated carbocycles. The van der Waals surface area contributed by atoms with Gasteiger partial charge in [0.05, 0.1) is 0 Å². The molecule has 0 aliphatic rings. The number of nitrogens with zero attached hydrogens (tertiary/aromatic N) is 1. The van der Waals surface area contributed by atoms with Crippen molar-refractivity contribution in [2.75, 3.05) is 18.0 Å². The second-order valence-electron chi connectivity index (χ2n) is 7.10. The van der Waals surface area contributed by atoms with Crippen molar-refractivity contribution < 1.29 is 4.79 Å². The number of hydrogen-bond acceptors (Lipinski definition) is 2. The van der Waals surface area contributed by atoms with Gasteiger partial charge in [0.15, 0.2) is 0 Å². The van der Waals surface area contributed by atoms with E-state index < -0.39 is 0 Å². The number of nitrogens with two attached hydrogens (primary N) is 1. The van der Waals surface area contributed by atoms with E-state index in [9.17, 15) is 4.79 Å². The summed E-state index contributed by atoms with van der Waals surface area (Å²) in [5.74, 6) is 0.591. The highest BCUT2D eigenvalue weighted by Crippen LogP contribution is 2.27. The lowest BCUT2D eigenvalue weighted by molar-refractivity contribution is -0.119. The van der Waals surface area contributed by atoms with Gasteiger partial charge in [-0.15, -0.1) is 0 Å². The third-order valence-electron chi connectivity index (χ3n) is 3.44. The number of carbonyl (C=O) groups is 1. The van der Waals surface area contributed by atoms with Crippen LogP contribution < -0.4 is 10.6 Å². The molecular formula is C18H30N2O. The maximum atomic E-state index is 12.6. The van der Waals surface area contributed by atoms with E-state index in [1.54, 1.807) is 0 Å². The van der Waals surface area contributed by atoms with Crippen LogP contribution in [0.1, 0.15) is 47.0 Å². The normalized spacial score (nSPS) is 13.0. The summed E-state index contributed by atoms with van der Waals surface area (Å²) >= 11 is 0. The molecule has 2 N–H and O–H groups in total. The summed E-state index contributed by atoms with van der Waals surface area (Å²) in [6.07, 6.45) is 2.48. The minimum Gasteiger partial charge on any atom is -0.330 e. The molecule has 1 unspecified atom stereocenters. The van der Waals surface area contributed by atoms with E-state index in [4.69, 9.17) is 5.73 Å². The van der Waals surface area contributed by atoms with Crippen molar-refractivity contribution in [1.82, 2.24) is 0 Å². The van der Waals surface area contributed by atoms with Crippen molar-refractivity contribution in [1.29, 1.82) is 0 Å². The second-order valence-corrected chi connectivity index (χ2v) is 7.10. The first kappa shape index (κ1) is 17.7. The van der Waals surface area contributed by atoms with Gasteiger partial charge in [-0.25, -0.2) is 0 Å². The molecule has 0 bridgehead atoms. The van der Waals surface area contributed by atoms with Crippen LogP contribution in [0.4, 0.5) is 5.69 Å². The highest BCUT2D eigenvalue weighted by molar-refractivity contribution is 5.93. The molecule has 0 aliphatic heterocycles. The van der Waals surface area contributed by atoms with Crippen molar-refractivity contribution in [3.05, 3.63) is 30.3 Å². The molecule has 3 nitrogen and oxygen atoms in total. The lowest BCUT2D eigenvalue weighted by atomic mass is 9.84. The van der Waals surface area contributed by atoms with Gasteiger partial charge in [-0.2, -0.15) is 0 Å². The number of hydrogen-bond donors (Lipinski definition) is 1. The number of anilines is 1. The average molecular weight is 290 g/mol. The molecular weight excluding hydrogens is 260 g/mol. The fourth-order valence-corrected chi connectivity index (χ4v) is 2.78. The maximum absolute atomic E-state index is 12.6. The van der Waals surface area contributed by atoms with Crippen molar-refractivity contribution >= 4 is 11.6 Å². The van der Waals surface area contributed by atoms with Gasteiger partial charge in [-0.05, 0) is 42.9 Å². The van der Waals surface area contributed by atoms with Gasteiger partial charge in [-0.3, -0.25) is 4.79 Å². The predicted octanol–water partition coefficient (Wildman–Crippen LogP) is 3.83. The number of carbonyl (C=O) groups excluding carboxylic acids is 1. The van der Waals surface area contributed by atoms with E-state index in [0.717, 1.165) is 18.5 Å². The van der Waals surface area contributed by atoms with Gasteiger partial charge in [-0.1, -0.05) is 45.9 Å². The van der Waals surface area contributed by atoms with Crippen LogP contribution in [-0.2, 0) is 4.79 Å². The molecule has 0 radical (unpaired) electrons. The monoisotopic (exact) mass is 290 g/mol. The topological polar surface area (TPSA) is 46.3 Å². The van der Waals surface area contributed by atoms with E-state index in [-0.39, 0.29) is 11.3 Å². The quantitative estimate of drug-likeness (QED) is 0.829. The van der Waals surface area contributed by atoms with Gasteiger partial charge < -0.3 is 10.6 Å². The summed E-state index contributed by atoms with van der Waals surface area (Å²) in [4.78, 5) is 14.5.